The van der Waals surface area contributed by atoms with Crippen LogP contribution in [0.15, 0.2) is 24.3 Å². The van der Waals surface area contributed by atoms with Gasteiger partial charge in [0.2, 0.25) is 0 Å². The lowest BCUT2D eigenvalue weighted by Gasteiger charge is -2.45. The van der Waals surface area contributed by atoms with Gasteiger partial charge in [-0.15, -0.1) is 0 Å². The lowest BCUT2D eigenvalue weighted by molar-refractivity contribution is -0.961. The largest absolute Gasteiger partial charge is 0.335 e. The van der Waals surface area contributed by atoms with Crippen molar-refractivity contribution in [1.29, 1.82) is 0 Å². The highest BCUT2D eigenvalue weighted by molar-refractivity contribution is 6.33. The molecule has 0 radical (unpaired) electrons. The van der Waals surface area contributed by atoms with Crippen LogP contribution >= 0.6 is 11.6 Å². The second kappa shape index (κ2) is 7.54. The number of carbonyl (C=O) groups excluding carboxylic acids is 1. The topological polar surface area (TPSA) is 45.6 Å². The molecule has 2 amide bonds. The van der Waals surface area contributed by atoms with E-state index in [4.69, 9.17) is 11.6 Å². The summed E-state index contributed by atoms with van der Waals surface area (Å²) in [6, 6.07) is 8.92. The first-order valence-corrected chi connectivity index (χ1v) is 9.22. The van der Waals surface area contributed by atoms with E-state index in [1.165, 1.54) is 32.2 Å². The fourth-order valence-corrected chi connectivity index (χ4v) is 4.54. The Bertz CT molecular complexity index is 537. The number of halogens is 1. The number of fused-ring (bicyclic) bond motifs is 2. The molecule has 0 aromatic heterocycles. The SMILES string of the molecule is CCC[NH+]1[C@@H]2CCC[C@H]1CC(NC(=O)Nc1ccccc1Cl)C2. The molecule has 2 saturated heterocycles. The normalized spacial score (nSPS) is 29.8. The van der Waals surface area contributed by atoms with Gasteiger partial charge in [-0.3, -0.25) is 0 Å². The Morgan fingerprint density at radius 1 is 1.26 bits per heavy atom. The van der Waals surface area contributed by atoms with Crippen molar-refractivity contribution >= 4 is 23.3 Å². The first-order valence-electron chi connectivity index (χ1n) is 8.85. The summed E-state index contributed by atoms with van der Waals surface area (Å²) in [5, 5.41) is 6.61. The molecule has 3 rings (SSSR count). The number of hydrogen-bond donors (Lipinski definition) is 3. The maximum absolute atomic E-state index is 12.3. The van der Waals surface area contributed by atoms with E-state index in [2.05, 4.69) is 17.6 Å². The van der Waals surface area contributed by atoms with E-state index in [-0.39, 0.29) is 12.1 Å². The molecule has 3 N–H and O–H groups in total. The summed E-state index contributed by atoms with van der Waals surface area (Å²) >= 11 is 6.10. The van der Waals surface area contributed by atoms with Crippen molar-refractivity contribution < 1.29 is 9.69 Å². The second-order valence-electron chi connectivity index (χ2n) is 6.90. The molecule has 2 fully saturated rings. The van der Waals surface area contributed by atoms with E-state index >= 15 is 0 Å². The molecule has 0 spiro atoms. The summed E-state index contributed by atoms with van der Waals surface area (Å²) in [6.07, 6.45) is 7.39. The van der Waals surface area contributed by atoms with Crippen LogP contribution in [0.2, 0.25) is 5.02 Å². The maximum atomic E-state index is 12.3. The summed E-state index contributed by atoms with van der Waals surface area (Å²) in [4.78, 5) is 14.1. The van der Waals surface area contributed by atoms with Crippen LogP contribution in [0, 0.1) is 0 Å². The predicted octanol–water partition coefficient (Wildman–Crippen LogP) is 2.84. The van der Waals surface area contributed by atoms with Crippen molar-refractivity contribution in [3.8, 4) is 0 Å². The molecule has 0 saturated carbocycles. The number of nitrogens with one attached hydrogen (secondary N) is 3. The number of anilines is 1. The van der Waals surface area contributed by atoms with Crippen molar-refractivity contribution in [3.05, 3.63) is 29.3 Å². The van der Waals surface area contributed by atoms with Gasteiger partial charge in [0.15, 0.2) is 0 Å². The summed E-state index contributed by atoms with van der Waals surface area (Å²) in [5.74, 6) is 0. The van der Waals surface area contributed by atoms with E-state index in [1.54, 1.807) is 11.0 Å². The Balaban J connectivity index is 1.57. The Hall–Kier alpha value is -1.26. The zero-order chi connectivity index (χ0) is 16.2. The molecule has 4 nitrogen and oxygen atoms in total. The third-order valence-corrected chi connectivity index (χ3v) is 5.62. The van der Waals surface area contributed by atoms with Crippen LogP contribution in [0.5, 0.6) is 0 Å². The predicted molar refractivity (Wildman–Crippen MR) is 94.2 cm³/mol. The van der Waals surface area contributed by atoms with Crippen LogP contribution in [-0.2, 0) is 0 Å². The summed E-state index contributed by atoms with van der Waals surface area (Å²) in [5.41, 5.74) is 0.668. The summed E-state index contributed by atoms with van der Waals surface area (Å²) in [6.45, 7) is 3.54. The average molecular weight is 337 g/mol. The Morgan fingerprint density at radius 2 is 1.96 bits per heavy atom. The van der Waals surface area contributed by atoms with Gasteiger partial charge in [0.25, 0.3) is 0 Å². The molecule has 2 bridgehead atoms. The molecule has 2 unspecified atom stereocenters. The van der Waals surface area contributed by atoms with Crippen LogP contribution in [0.25, 0.3) is 0 Å². The van der Waals surface area contributed by atoms with Crippen molar-refractivity contribution in [3.63, 3.8) is 0 Å². The molecule has 1 aromatic rings. The third-order valence-electron chi connectivity index (χ3n) is 5.29. The number of hydrogen-bond acceptors (Lipinski definition) is 1. The van der Waals surface area contributed by atoms with Gasteiger partial charge in [-0.2, -0.15) is 0 Å². The van der Waals surface area contributed by atoms with Crippen LogP contribution in [0.3, 0.4) is 0 Å². The highest BCUT2D eigenvalue weighted by atomic mass is 35.5. The molecular weight excluding hydrogens is 310 g/mol. The summed E-state index contributed by atoms with van der Waals surface area (Å²) in [7, 11) is 0. The maximum Gasteiger partial charge on any atom is 0.319 e. The van der Waals surface area contributed by atoms with Crippen molar-refractivity contribution in [2.45, 2.75) is 63.6 Å². The molecule has 1 aromatic carbocycles. The van der Waals surface area contributed by atoms with Gasteiger partial charge in [0, 0.05) is 18.9 Å². The van der Waals surface area contributed by atoms with Gasteiger partial charge in [0.05, 0.1) is 29.3 Å². The van der Waals surface area contributed by atoms with Gasteiger partial charge < -0.3 is 15.5 Å². The Morgan fingerprint density at radius 3 is 2.61 bits per heavy atom. The zero-order valence-electron chi connectivity index (χ0n) is 13.8. The van der Waals surface area contributed by atoms with Crippen molar-refractivity contribution in [2.24, 2.45) is 0 Å². The van der Waals surface area contributed by atoms with Gasteiger partial charge in [-0.25, -0.2) is 4.79 Å². The van der Waals surface area contributed by atoms with Crippen molar-refractivity contribution in [2.75, 3.05) is 11.9 Å². The van der Waals surface area contributed by atoms with E-state index < -0.39 is 0 Å². The quantitative estimate of drug-likeness (QED) is 0.778. The standard InChI is InChI=1S/C18H26ClN3O/c1-2-10-22-14-6-5-7-15(22)12-13(11-14)20-18(23)21-17-9-4-3-8-16(17)19/h3-4,8-9,13-15H,2,5-7,10-12H2,1H3,(H2,20,21,23)/p+1/t13?,14-,15+. The number of rotatable bonds is 4. The minimum Gasteiger partial charge on any atom is -0.335 e. The van der Waals surface area contributed by atoms with E-state index in [1.807, 2.05) is 18.2 Å². The fraction of sp³-hybridized carbons (Fsp3) is 0.611. The monoisotopic (exact) mass is 336 g/mol. The van der Waals surface area contributed by atoms with E-state index in [9.17, 15) is 4.79 Å². The summed E-state index contributed by atoms with van der Waals surface area (Å²) < 4.78 is 0. The molecule has 2 aliphatic rings. The molecule has 2 heterocycles. The Labute approximate surface area is 143 Å². The van der Waals surface area contributed by atoms with Crippen LogP contribution in [0.4, 0.5) is 10.5 Å². The smallest absolute Gasteiger partial charge is 0.319 e. The number of amides is 2. The second-order valence-corrected chi connectivity index (χ2v) is 7.30. The van der Waals surface area contributed by atoms with Crippen molar-refractivity contribution in [1.82, 2.24) is 5.32 Å². The van der Waals surface area contributed by atoms with Gasteiger partial charge in [-0.05, 0) is 37.8 Å². The lowest BCUT2D eigenvalue weighted by Crippen LogP contribution is -3.21. The van der Waals surface area contributed by atoms with Gasteiger partial charge >= 0.3 is 6.03 Å². The highest BCUT2D eigenvalue weighted by Crippen LogP contribution is 2.23. The fourth-order valence-electron chi connectivity index (χ4n) is 4.36. The number of carbonyl (C=O) groups is 1. The Kier molecular flexibility index (Phi) is 5.44. The number of urea groups is 1. The minimum atomic E-state index is -0.139. The number of piperidine rings is 2. The molecule has 5 heteroatoms. The molecule has 2 aliphatic heterocycles. The van der Waals surface area contributed by atoms with E-state index in [0.29, 0.717) is 22.8 Å². The van der Waals surface area contributed by atoms with Crippen LogP contribution < -0.4 is 15.5 Å². The number of quaternary nitrogens is 1. The van der Waals surface area contributed by atoms with E-state index in [0.717, 1.165) is 12.8 Å². The van der Waals surface area contributed by atoms with Crippen LogP contribution in [0.1, 0.15) is 45.4 Å². The first kappa shape index (κ1) is 16.6. The lowest BCUT2D eigenvalue weighted by atomic mass is 9.81. The third kappa shape index (κ3) is 3.99. The van der Waals surface area contributed by atoms with Gasteiger partial charge in [0.1, 0.15) is 0 Å². The molecule has 0 aliphatic carbocycles. The average Bonchev–Trinajstić information content (AvgIpc) is 2.50. The highest BCUT2D eigenvalue weighted by Gasteiger charge is 2.41. The zero-order valence-corrected chi connectivity index (χ0v) is 14.5. The number of para-hydroxylation sites is 1. The minimum absolute atomic E-state index is 0.139. The molecule has 23 heavy (non-hydrogen) atoms. The molecule has 126 valence electrons. The molecule has 4 atom stereocenters. The number of benzene rings is 1. The first-order chi connectivity index (χ1) is 11.2. The van der Waals surface area contributed by atoms with Crippen LogP contribution in [-0.4, -0.2) is 30.7 Å². The molecular formula is C18H27ClN3O+. The van der Waals surface area contributed by atoms with Gasteiger partial charge in [-0.1, -0.05) is 30.7 Å².